The van der Waals surface area contributed by atoms with Crippen molar-refractivity contribution in [2.24, 2.45) is 5.92 Å². The molecule has 0 bridgehead atoms. The fourth-order valence-electron chi connectivity index (χ4n) is 3.56. The Hall–Kier alpha value is -2.34. The van der Waals surface area contributed by atoms with Crippen LogP contribution < -0.4 is 0 Å². The van der Waals surface area contributed by atoms with E-state index in [2.05, 4.69) is 0 Å². The average molecular weight is 355 g/mol. The maximum Gasteiger partial charge on any atom is 0.320 e. The molecule has 4 rings (SSSR count). The topological polar surface area (TPSA) is 63.7 Å². The van der Waals surface area contributed by atoms with Crippen molar-refractivity contribution in [3.63, 3.8) is 0 Å². The molecule has 3 atom stereocenters. The molecule has 1 amide bonds. The SMILES string of the molecule is COC(=O)[C@@H]1CN2C(=O)[C@H](C(=O)Cc3cccc4ccccc34)[C@H]2S1. The lowest BCUT2D eigenvalue weighted by Gasteiger charge is -2.40. The van der Waals surface area contributed by atoms with Gasteiger partial charge in [-0.2, -0.15) is 0 Å². The molecule has 0 aliphatic carbocycles. The first-order chi connectivity index (χ1) is 12.1. The van der Waals surface area contributed by atoms with Gasteiger partial charge in [-0.05, 0) is 16.3 Å². The first kappa shape index (κ1) is 16.1. The van der Waals surface area contributed by atoms with Crippen molar-refractivity contribution in [3.05, 3.63) is 48.0 Å². The number of esters is 1. The largest absolute Gasteiger partial charge is 0.468 e. The average Bonchev–Trinajstić information content (AvgIpc) is 3.01. The number of fused-ring (bicyclic) bond motifs is 2. The number of rotatable bonds is 4. The predicted molar refractivity (Wildman–Crippen MR) is 95.0 cm³/mol. The third-order valence-corrected chi connectivity index (χ3v) is 6.34. The third kappa shape index (κ3) is 2.61. The minimum absolute atomic E-state index is 0.0828. The van der Waals surface area contributed by atoms with Gasteiger partial charge in [0, 0.05) is 13.0 Å². The molecule has 0 N–H and O–H groups in total. The zero-order valence-corrected chi connectivity index (χ0v) is 14.5. The Morgan fingerprint density at radius 2 is 1.96 bits per heavy atom. The molecule has 5 nitrogen and oxygen atoms in total. The van der Waals surface area contributed by atoms with E-state index >= 15 is 0 Å². The second-order valence-electron chi connectivity index (χ2n) is 6.29. The van der Waals surface area contributed by atoms with Crippen molar-refractivity contribution in [2.45, 2.75) is 17.0 Å². The Balaban J connectivity index is 1.52. The summed E-state index contributed by atoms with van der Waals surface area (Å²) in [5.74, 6) is -1.25. The Morgan fingerprint density at radius 3 is 2.76 bits per heavy atom. The van der Waals surface area contributed by atoms with E-state index in [0.717, 1.165) is 16.3 Å². The number of nitrogens with zero attached hydrogens (tertiary/aromatic N) is 1. The van der Waals surface area contributed by atoms with E-state index in [1.54, 1.807) is 4.90 Å². The van der Waals surface area contributed by atoms with Gasteiger partial charge < -0.3 is 9.64 Å². The van der Waals surface area contributed by atoms with E-state index in [0.29, 0.717) is 6.54 Å². The second-order valence-corrected chi connectivity index (χ2v) is 7.61. The van der Waals surface area contributed by atoms with Gasteiger partial charge in [0.1, 0.15) is 11.2 Å². The molecule has 0 spiro atoms. The number of ether oxygens (including phenoxy) is 1. The number of carbonyl (C=O) groups is 3. The van der Waals surface area contributed by atoms with Gasteiger partial charge in [0.2, 0.25) is 5.91 Å². The summed E-state index contributed by atoms with van der Waals surface area (Å²) in [7, 11) is 1.34. The first-order valence-corrected chi connectivity index (χ1v) is 9.07. The Kier molecular flexibility index (Phi) is 4.00. The van der Waals surface area contributed by atoms with Gasteiger partial charge in [-0.15, -0.1) is 11.8 Å². The van der Waals surface area contributed by atoms with Crippen LogP contribution in [0.1, 0.15) is 5.56 Å². The number of ketones is 1. The molecular weight excluding hydrogens is 338 g/mol. The fraction of sp³-hybridized carbons (Fsp3) is 0.316. The lowest BCUT2D eigenvalue weighted by atomic mass is 9.88. The van der Waals surface area contributed by atoms with Gasteiger partial charge >= 0.3 is 5.97 Å². The van der Waals surface area contributed by atoms with E-state index in [1.165, 1.54) is 18.9 Å². The van der Waals surface area contributed by atoms with Gasteiger partial charge in [-0.1, -0.05) is 42.5 Å². The van der Waals surface area contributed by atoms with Crippen LogP contribution in [-0.4, -0.2) is 46.8 Å². The highest BCUT2D eigenvalue weighted by Crippen LogP contribution is 2.44. The van der Waals surface area contributed by atoms with Crippen LogP contribution in [0.25, 0.3) is 10.8 Å². The molecule has 6 heteroatoms. The lowest BCUT2D eigenvalue weighted by Crippen LogP contribution is -2.59. The molecule has 2 aliphatic rings. The van der Waals surface area contributed by atoms with Crippen LogP contribution in [0.4, 0.5) is 0 Å². The Morgan fingerprint density at radius 1 is 1.20 bits per heavy atom. The highest BCUT2D eigenvalue weighted by molar-refractivity contribution is 8.01. The highest BCUT2D eigenvalue weighted by Gasteiger charge is 2.57. The number of benzene rings is 2. The van der Waals surface area contributed by atoms with E-state index < -0.39 is 11.2 Å². The van der Waals surface area contributed by atoms with Gasteiger partial charge in [-0.3, -0.25) is 14.4 Å². The number of β-lactam (4-membered cyclic amide) rings is 1. The molecule has 2 aromatic rings. The van der Waals surface area contributed by atoms with Gasteiger partial charge in [0.15, 0.2) is 5.78 Å². The number of hydrogen-bond acceptors (Lipinski definition) is 5. The molecule has 0 radical (unpaired) electrons. The van der Waals surface area contributed by atoms with Crippen molar-refractivity contribution in [2.75, 3.05) is 13.7 Å². The summed E-state index contributed by atoms with van der Waals surface area (Å²) in [5, 5.41) is 1.48. The van der Waals surface area contributed by atoms with Crippen LogP contribution in [0.5, 0.6) is 0 Å². The van der Waals surface area contributed by atoms with Crippen molar-refractivity contribution < 1.29 is 19.1 Å². The maximum atomic E-state index is 12.8. The molecule has 2 aliphatic heterocycles. The molecule has 2 saturated heterocycles. The van der Waals surface area contributed by atoms with Crippen molar-refractivity contribution in [1.82, 2.24) is 4.90 Å². The van der Waals surface area contributed by atoms with Gasteiger partial charge in [-0.25, -0.2) is 0 Å². The number of Topliss-reactive ketones (excluding diaryl/α,β-unsaturated/α-hetero) is 1. The summed E-state index contributed by atoms with van der Waals surface area (Å²) in [6, 6.07) is 13.8. The van der Waals surface area contributed by atoms with Crippen molar-refractivity contribution >= 4 is 40.2 Å². The van der Waals surface area contributed by atoms with Gasteiger partial charge in [0.25, 0.3) is 0 Å². The summed E-state index contributed by atoms with van der Waals surface area (Å²) < 4.78 is 4.75. The van der Waals surface area contributed by atoms with Crippen LogP contribution >= 0.6 is 11.8 Å². The smallest absolute Gasteiger partial charge is 0.320 e. The Bertz CT molecular complexity index is 875. The molecular formula is C19H17NO4S. The van der Waals surface area contributed by atoms with Crippen LogP contribution in [0, 0.1) is 5.92 Å². The molecule has 2 heterocycles. The van der Waals surface area contributed by atoms with E-state index in [9.17, 15) is 14.4 Å². The van der Waals surface area contributed by atoms with Crippen LogP contribution in [0.3, 0.4) is 0 Å². The summed E-state index contributed by atoms with van der Waals surface area (Å²) in [6.45, 7) is 0.332. The normalized spacial score (nSPS) is 24.8. The zero-order valence-electron chi connectivity index (χ0n) is 13.7. The van der Waals surface area contributed by atoms with Crippen LogP contribution in [-0.2, 0) is 25.5 Å². The number of hydrogen-bond donors (Lipinski definition) is 0. The molecule has 0 aromatic heterocycles. The minimum Gasteiger partial charge on any atom is -0.468 e. The fourth-order valence-corrected chi connectivity index (χ4v) is 5.12. The first-order valence-electron chi connectivity index (χ1n) is 8.13. The predicted octanol–water partition coefficient (Wildman–Crippen LogP) is 2.02. The summed E-state index contributed by atoms with van der Waals surface area (Å²) >= 11 is 1.36. The highest BCUT2D eigenvalue weighted by atomic mass is 32.2. The van der Waals surface area contributed by atoms with Crippen molar-refractivity contribution in [3.8, 4) is 0 Å². The maximum absolute atomic E-state index is 12.8. The quantitative estimate of drug-likeness (QED) is 0.477. The minimum atomic E-state index is -0.654. The van der Waals surface area contributed by atoms with Crippen molar-refractivity contribution in [1.29, 1.82) is 0 Å². The molecule has 0 saturated carbocycles. The lowest BCUT2D eigenvalue weighted by molar-refractivity contribution is -0.154. The van der Waals surface area contributed by atoms with E-state index in [4.69, 9.17) is 4.74 Å². The standard InChI is InChI=1S/C19H17NO4S/c1-24-19(23)15-10-20-17(22)16(18(20)25-15)14(21)9-12-7-4-6-11-5-2-3-8-13(11)12/h2-8,15-16,18H,9-10H2,1H3/t15-,16-,18+/m0/s1. The monoisotopic (exact) mass is 355 g/mol. The number of thioether (sulfide) groups is 1. The third-order valence-electron chi connectivity index (χ3n) is 4.86. The number of amides is 1. The summed E-state index contributed by atoms with van der Waals surface area (Å²) in [6.07, 6.45) is 0.228. The molecule has 2 aromatic carbocycles. The van der Waals surface area contributed by atoms with E-state index in [-0.39, 0.29) is 29.5 Å². The summed E-state index contributed by atoms with van der Waals surface area (Å²) in [5.41, 5.74) is 0.932. The van der Waals surface area contributed by atoms with Crippen LogP contribution in [0.15, 0.2) is 42.5 Å². The molecule has 128 valence electrons. The van der Waals surface area contributed by atoms with Gasteiger partial charge in [0.05, 0.1) is 12.5 Å². The summed E-state index contributed by atoms with van der Waals surface area (Å²) in [4.78, 5) is 38.4. The van der Waals surface area contributed by atoms with E-state index in [1.807, 2.05) is 42.5 Å². The second kappa shape index (κ2) is 6.19. The number of carbonyl (C=O) groups excluding carboxylic acids is 3. The molecule has 25 heavy (non-hydrogen) atoms. The number of methoxy groups -OCH3 is 1. The van der Waals surface area contributed by atoms with Crippen LogP contribution in [0.2, 0.25) is 0 Å². The Labute approximate surface area is 149 Å². The molecule has 2 fully saturated rings. The molecule has 0 unspecified atom stereocenters. The zero-order chi connectivity index (χ0) is 17.6.